The maximum Gasteiger partial charge on any atom is 0.335 e. The SMILES string of the molecule is C=C(C)C(=O)OC(O[Si](C)(C)C)C(OCCC[SiH3])(O[Si](C)(C)C)O[Si](C)(C)C. The van der Waals surface area contributed by atoms with Crippen molar-refractivity contribution in [1.29, 1.82) is 0 Å². The second kappa shape index (κ2) is 10.8. The molecule has 1 atom stereocenters. The predicted octanol–water partition coefficient (Wildman–Crippen LogP) is 3.83. The van der Waals surface area contributed by atoms with E-state index in [0.717, 1.165) is 22.7 Å². The Morgan fingerprint density at radius 1 is 0.964 bits per heavy atom. The van der Waals surface area contributed by atoms with Gasteiger partial charge in [-0.25, -0.2) is 4.79 Å². The van der Waals surface area contributed by atoms with Gasteiger partial charge in [-0.3, -0.25) is 0 Å². The summed E-state index contributed by atoms with van der Waals surface area (Å²) in [5, 5.41) is 0. The summed E-state index contributed by atoms with van der Waals surface area (Å²) in [5.74, 6) is -2.12. The Bertz CT molecular complexity index is 504. The average Bonchev–Trinajstić information content (AvgIpc) is 2.41. The minimum atomic E-state index is -2.17. The van der Waals surface area contributed by atoms with Crippen LogP contribution in [0.1, 0.15) is 13.3 Å². The summed E-state index contributed by atoms with van der Waals surface area (Å²) in [4.78, 5) is 12.4. The monoisotopic (exact) mass is 466 g/mol. The molecule has 6 nitrogen and oxygen atoms in total. The zero-order chi connectivity index (χ0) is 22.4. The molecule has 0 radical (unpaired) electrons. The van der Waals surface area contributed by atoms with Gasteiger partial charge in [0.2, 0.25) is 0 Å². The molecule has 0 saturated heterocycles. The van der Waals surface area contributed by atoms with Gasteiger partial charge >= 0.3 is 11.9 Å². The fraction of sp³-hybridized carbons (Fsp3) is 0.833. The van der Waals surface area contributed by atoms with Gasteiger partial charge in [0.05, 0.1) is 6.61 Å². The highest BCUT2D eigenvalue weighted by Gasteiger charge is 2.53. The minimum absolute atomic E-state index is 0.290. The van der Waals surface area contributed by atoms with E-state index in [9.17, 15) is 4.79 Å². The highest BCUT2D eigenvalue weighted by atomic mass is 28.4. The van der Waals surface area contributed by atoms with Gasteiger partial charge in [-0.05, 0) is 72.3 Å². The van der Waals surface area contributed by atoms with Crippen LogP contribution in [0.5, 0.6) is 0 Å². The largest absolute Gasteiger partial charge is 0.424 e. The van der Waals surface area contributed by atoms with Crippen molar-refractivity contribution in [2.45, 2.75) is 90.6 Å². The summed E-state index contributed by atoms with van der Waals surface area (Å²) in [5.41, 5.74) is 0.290. The summed E-state index contributed by atoms with van der Waals surface area (Å²) in [7, 11) is -5.38. The van der Waals surface area contributed by atoms with Gasteiger partial charge in [-0.1, -0.05) is 12.6 Å². The topological polar surface area (TPSA) is 63.2 Å². The summed E-state index contributed by atoms with van der Waals surface area (Å²) in [6.07, 6.45) is -0.220. The molecule has 0 heterocycles. The highest BCUT2D eigenvalue weighted by Crippen LogP contribution is 2.34. The van der Waals surface area contributed by atoms with Crippen molar-refractivity contribution >= 4 is 41.2 Å². The van der Waals surface area contributed by atoms with Crippen LogP contribution in [0.3, 0.4) is 0 Å². The zero-order valence-corrected chi connectivity index (χ0v) is 24.9. The molecule has 28 heavy (non-hydrogen) atoms. The Morgan fingerprint density at radius 3 is 1.75 bits per heavy atom. The molecular formula is C18H42O6Si4. The normalized spacial score (nSPS) is 14.8. The Hall–Kier alpha value is -0.0825. The fourth-order valence-electron chi connectivity index (χ4n) is 2.14. The standard InChI is InChI=1S/C18H42O6Si4/c1-15(2)16(19)21-17(22-26(3,4)5)18(20-13-12-14-25,23-27(6,7)8)24-28(9,10)11/h17H,1,12-14H2,2-11,25H3. The smallest absolute Gasteiger partial charge is 0.335 e. The van der Waals surface area contributed by atoms with Gasteiger partial charge < -0.3 is 22.8 Å². The molecule has 0 spiro atoms. The van der Waals surface area contributed by atoms with E-state index in [2.05, 4.69) is 45.9 Å². The van der Waals surface area contributed by atoms with E-state index in [-0.39, 0.29) is 0 Å². The van der Waals surface area contributed by atoms with Gasteiger partial charge in [-0.15, -0.1) is 0 Å². The van der Waals surface area contributed by atoms with E-state index in [4.69, 9.17) is 22.8 Å². The van der Waals surface area contributed by atoms with Crippen molar-refractivity contribution < 1.29 is 27.5 Å². The van der Waals surface area contributed by atoms with Crippen LogP contribution in [0.4, 0.5) is 0 Å². The van der Waals surface area contributed by atoms with Crippen molar-refractivity contribution in [2.75, 3.05) is 6.61 Å². The van der Waals surface area contributed by atoms with Crippen LogP contribution in [-0.2, 0) is 27.5 Å². The van der Waals surface area contributed by atoms with E-state index in [1.807, 2.05) is 19.6 Å². The number of hydrogen-bond acceptors (Lipinski definition) is 6. The fourth-order valence-corrected chi connectivity index (χ4v) is 5.45. The summed E-state index contributed by atoms with van der Waals surface area (Å²) >= 11 is 0. The van der Waals surface area contributed by atoms with Crippen molar-refractivity contribution in [1.82, 2.24) is 0 Å². The highest BCUT2D eigenvalue weighted by molar-refractivity contribution is 6.71. The zero-order valence-electron chi connectivity index (χ0n) is 19.9. The molecular weight excluding hydrogens is 425 g/mol. The third-order valence-corrected chi connectivity index (χ3v) is 6.43. The first-order chi connectivity index (χ1) is 12.4. The molecule has 0 aliphatic rings. The van der Waals surface area contributed by atoms with Crippen LogP contribution in [0.15, 0.2) is 12.2 Å². The second-order valence-electron chi connectivity index (χ2n) is 9.98. The number of esters is 1. The molecule has 0 saturated carbocycles. The predicted molar refractivity (Wildman–Crippen MR) is 126 cm³/mol. The van der Waals surface area contributed by atoms with Gasteiger partial charge in [0.25, 0.3) is 6.29 Å². The molecule has 0 bridgehead atoms. The molecule has 0 aliphatic heterocycles. The Morgan fingerprint density at radius 2 is 1.43 bits per heavy atom. The van der Waals surface area contributed by atoms with Crippen molar-refractivity contribution in [3.8, 4) is 0 Å². The van der Waals surface area contributed by atoms with Crippen molar-refractivity contribution in [3.63, 3.8) is 0 Å². The third kappa shape index (κ3) is 11.8. The van der Waals surface area contributed by atoms with E-state index in [0.29, 0.717) is 12.2 Å². The first-order valence-electron chi connectivity index (χ1n) is 9.99. The summed E-state index contributed by atoms with van der Waals surface area (Å²) < 4.78 is 31.2. The Balaban J connectivity index is 6.31. The van der Waals surface area contributed by atoms with Gasteiger partial charge in [0.1, 0.15) is 0 Å². The maximum atomic E-state index is 12.4. The molecule has 0 aromatic carbocycles. The number of carbonyl (C=O) groups excluding carboxylic acids is 1. The third-order valence-electron chi connectivity index (χ3n) is 3.01. The van der Waals surface area contributed by atoms with E-state index < -0.39 is 43.2 Å². The first kappa shape index (κ1) is 27.9. The molecule has 0 aromatic heterocycles. The van der Waals surface area contributed by atoms with Crippen LogP contribution in [0.2, 0.25) is 65.0 Å². The van der Waals surface area contributed by atoms with Crippen LogP contribution in [0.25, 0.3) is 0 Å². The molecule has 1 unspecified atom stereocenters. The van der Waals surface area contributed by atoms with E-state index >= 15 is 0 Å². The lowest BCUT2D eigenvalue weighted by Gasteiger charge is -2.46. The number of ether oxygens (including phenoxy) is 2. The van der Waals surface area contributed by atoms with Crippen LogP contribution in [0, 0.1) is 0 Å². The molecule has 10 heteroatoms. The quantitative estimate of drug-likeness (QED) is 0.135. The van der Waals surface area contributed by atoms with Crippen molar-refractivity contribution in [2.24, 2.45) is 0 Å². The van der Waals surface area contributed by atoms with Crippen LogP contribution < -0.4 is 0 Å². The lowest BCUT2D eigenvalue weighted by Crippen LogP contribution is -2.62. The Kier molecular flexibility index (Phi) is 10.8. The minimum Gasteiger partial charge on any atom is -0.424 e. The molecule has 0 N–H and O–H groups in total. The van der Waals surface area contributed by atoms with E-state index in [1.54, 1.807) is 6.92 Å². The maximum absolute atomic E-state index is 12.4. The summed E-state index contributed by atoms with van der Waals surface area (Å²) in [6.45, 7) is 24.2. The first-order valence-corrected chi connectivity index (χ1v) is 21.6. The number of rotatable bonds is 13. The number of hydrogen-bond donors (Lipinski definition) is 0. The second-order valence-corrected chi connectivity index (χ2v) is 24.3. The van der Waals surface area contributed by atoms with Gasteiger partial charge in [0, 0.05) is 15.8 Å². The average molecular weight is 467 g/mol. The summed E-state index contributed by atoms with van der Waals surface area (Å²) in [6, 6.07) is 1.10. The van der Waals surface area contributed by atoms with Gasteiger partial charge in [0.15, 0.2) is 25.0 Å². The Labute approximate surface area is 178 Å². The lowest BCUT2D eigenvalue weighted by atomic mass is 10.3. The molecule has 0 aliphatic carbocycles. The van der Waals surface area contributed by atoms with E-state index in [1.165, 1.54) is 0 Å². The molecule has 0 aromatic rings. The molecule has 0 fully saturated rings. The lowest BCUT2D eigenvalue weighted by molar-refractivity contribution is -0.388. The number of carbonyl (C=O) groups is 1. The van der Waals surface area contributed by atoms with Crippen LogP contribution >= 0.6 is 0 Å². The molecule has 0 amide bonds. The van der Waals surface area contributed by atoms with Crippen LogP contribution in [-0.4, -0.2) is 60.0 Å². The van der Waals surface area contributed by atoms with Gasteiger partial charge in [-0.2, -0.15) is 0 Å². The molecule has 166 valence electrons. The van der Waals surface area contributed by atoms with Crippen molar-refractivity contribution in [3.05, 3.63) is 12.2 Å². The molecule has 0 rings (SSSR count).